The second-order valence-electron chi connectivity index (χ2n) is 5.99. The van der Waals surface area contributed by atoms with Crippen LogP contribution >= 0.6 is 11.3 Å². The number of carbonyl (C=O) groups excluding carboxylic acids is 1. The molecule has 1 aromatic rings. The van der Waals surface area contributed by atoms with E-state index in [1.54, 1.807) is 11.3 Å². The number of amides is 1. The molecule has 0 aromatic carbocycles. The SMILES string of the molecule is Cc1ccsc1C(C(C)N)N1CC(C(N)=O)CCC1C. The van der Waals surface area contributed by atoms with Gasteiger partial charge in [-0.15, -0.1) is 11.3 Å². The van der Waals surface area contributed by atoms with Crippen molar-refractivity contribution in [2.45, 2.75) is 51.7 Å². The molecule has 4 atom stereocenters. The van der Waals surface area contributed by atoms with Crippen molar-refractivity contribution in [2.75, 3.05) is 6.54 Å². The number of piperidine rings is 1. The number of aryl methyl sites for hydroxylation is 1. The van der Waals surface area contributed by atoms with Crippen LogP contribution in [0.15, 0.2) is 11.4 Å². The Kier molecular flexibility index (Phi) is 4.83. The molecule has 4 nitrogen and oxygen atoms in total. The van der Waals surface area contributed by atoms with Crippen molar-refractivity contribution in [1.82, 2.24) is 4.90 Å². The van der Waals surface area contributed by atoms with Crippen LogP contribution in [0, 0.1) is 12.8 Å². The molecule has 0 radical (unpaired) electrons. The van der Waals surface area contributed by atoms with Gasteiger partial charge in [-0.3, -0.25) is 9.69 Å². The molecule has 0 saturated carbocycles. The molecular formula is C15H25N3OS. The summed E-state index contributed by atoms with van der Waals surface area (Å²) in [6.45, 7) is 7.11. The third-order valence-corrected chi connectivity index (χ3v) is 5.45. The van der Waals surface area contributed by atoms with Crippen LogP contribution in [0.2, 0.25) is 0 Å². The average Bonchev–Trinajstić information content (AvgIpc) is 2.77. The van der Waals surface area contributed by atoms with Gasteiger partial charge in [-0.1, -0.05) is 0 Å². The summed E-state index contributed by atoms with van der Waals surface area (Å²) in [5.74, 6) is -0.235. The number of nitrogens with two attached hydrogens (primary N) is 2. The Morgan fingerprint density at radius 2 is 2.20 bits per heavy atom. The highest BCUT2D eigenvalue weighted by molar-refractivity contribution is 7.10. The van der Waals surface area contributed by atoms with Gasteiger partial charge < -0.3 is 11.5 Å². The van der Waals surface area contributed by atoms with E-state index in [0.717, 1.165) is 19.4 Å². The zero-order valence-corrected chi connectivity index (χ0v) is 13.3. The highest BCUT2D eigenvalue weighted by atomic mass is 32.1. The fourth-order valence-electron chi connectivity index (χ4n) is 3.13. The van der Waals surface area contributed by atoms with Crippen LogP contribution in [-0.2, 0) is 4.79 Å². The molecule has 112 valence electrons. The van der Waals surface area contributed by atoms with Crippen molar-refractivity contribution in [3.8, 4) is 0 Å². The Balaban J connectivity index is 2.28. The van der Waals surface area contributed by atoms with Gasteiger partial charge in [0.2, 0.25) is 5.91 Å². The molecular weight excluding hydrogens is 270 g/mol. The maximum absolute atomic E-state index is 11.5. The predicted molar refractivity (Wildman–Crippen MR) is 83.5 cm³/mol. The van der Waals surface area contributed by atoms with Gasteiger partial charge in [0, 0.05) is 23.5 Å². The minimum atomic E-state index is -0.187. The Hall–Kier alpha value is -0.910. The molecule has 0 aliphatic carbocycles. The summed E-state index contributed by atoms with van der Waals surface area (Å²) in [7, 11) is 0. The van der Waals surface area contributed by atoms with Gasteiger partial charge in [0.25, 0.3) is 0 Å². The van der Waals surface area contributed by atoms with Crippen LogP contribution in [0.25, 0.3) is 0 Å². The highest BCUT2D eigenvalue weighted by Crippen LogP contribution is 2.36. The first-order chi connectivity index (χ1) is 9.41. The molecule has 1 amide bonds. The number of primary amides is 1. The Morgan fingerprint density at radius 1 is 1.50 bits per heavy atom. The van der Waals surface area contributed by atoms with Gasteiger partial charge in [0.15, 0.2) is 0 Å². The topological polar surface area (TPSA) is 72.3 Å². The third kappa shape index (κ3) is 3.05. The molecule has 0 spiro atoms. The number of rotatable bonds is 4. The van der Waals surface area contributed by atoms with Gasteiger partial charge >= 0.3 is 0 Å². The number of hydrogen-bond donors (Lipinski definition) is 2. The van der Waals surface area contributed by atoms with E-state index in [-0.39, 0.29) is 23.9 Å². The van der Waals surface area contributed by atoms with Crippen molar-refractivity contribution in [2.24, 2.45) is 17.4 Å². The van der Waals surface area contributed by atoms with Gasteiger partial charge in [0.1, 0.15) is 0 Å². The van der Waals surface area contributed by atoms with Crippen LogP contribution in [0.1, 0.15) is 43.2 Å². The lowest BCUT2D eigenvalue weighted by molar-refractivity contribution is -0.124. The number of likely N-dealkylation sites (tertiary alicyclic amines) is 1. The highest BCUT2D eigenvalue weighted by Gasteiger charge is 2.36. The van der Waals surface area contributed by atoms with E-state index in [0.29, 0.717) is 6.04 Å². The Labute approximate surface area is 125 Å². The van der Waals surface area contributed by atoms with E-state index in [1.165, 1.54) is 10.4 Å². The molecule has 5 heteroatoms. The Bertz CT molecular complexity index is 471. The first kappa shape index (κ1) is 15.5. The second-order valence-corrected chi connectivity index (χ2v) is 6.94. The van der Waals surface area contributed by atoms with Gasteiger partial charge in [0.05, 0.1) is 12.0 Å². The van der Waals surface area contributed by atoms with Gasteiger partial charge in [-0.2, -0.15) is 0 Å². The number of thiophene rings is 1. The first-order valence-corrected chi connectivity index (χ1v) is 8.14. The molecule has 20 heavy (non-hydrogen) atoms. The standard InChI is InChI=1S/C15H25N3OS/c1-9-6-7-20-14(9)13(11(3)16)18-8-12(15(17)19)5-4-10(18)2/h6-7,10-13H,4-5,8,16H2,1-3H3,(H2,17,19). The average molecular weight is 295 g/mol. The molecule has 1 fully saturated rings. The number of nitrogens with zero attached hydrogens (tertiary/aromatic N) is 1. The maximum atomic E-state index is 11.5. The van der Waals surface area contributed by atoms with E-state index in [4.69, 9.17) is 11.5 Å². The van der Waals surface area contributed by atoms with Crippen LogP contribution in [-0.4, -0.2) is 29.4 Å². The van der Waals surface area contributed by atoms with E-state index in [9.17, 15) is 4.79 Å². The summed E-state index contributed by atoms with van der Waals surface area (Å²) in [5, 5.41) is 2.11. The van der Waals surface area contributed by atoms with E-state index in [2.05, 4.69) is 30.2 Å². The van der Waals surface area contributed by atoms with Crippen molar-refractivity contribution in [3.05, 3.63) is 21.9 Å². The lowest BCUT2D eigenvalue weighted by Crippen LogP contribution is -2.51. The van der Waals surface area contributed by atoms with Gasteiger partial charge in [-0.05, 0) is 50.6 Å². The van der Waals surface area contributed by atoms with Gasteiger partial charge in [-0.25, -0.2) is 0 Å². The normalized spacial score (nSPS) is 27.2. The van der Waals surface area contributed by atoms with E-state index >= 15 is 0 Å². The largest absolute Gasteiger partial charge is 0.369 e. The molecule has 4 N–H and O–H groups in total. The van der Waals surface area contributed by atoms with Crippen LogP contribution in [0.3, 0.4) is 0 Å². The number of hydrogen-bond acceptors (Lipinski definition) is 4. The predicted octanol–water partition coefficient (Wildman–Crippen LogP) is 2.03. The smallest absolute Gasteiger partial charge is 0.221 e. The monoisotopic (exact) mass is 295 g/mol. The summed E-state index contributed by atoms with van der Waals surface area (Å²) in [6.07, 6.45) is 1.89. The fourth-order valence-corrected chi connectivity index (χ4v) is 4.29. The van der Waals surface area contributed by atoms with Crippen molar-refractivity contribution < 1.29 is 4.79 Å². The van der Waals surface area contributed by atoms with Crippen LogP contribution in [0.4, 0.5) is 0 Å². The minimum Gasteiger partial charge on any atom is -0.369 e. The van der Waals surface area contributed by atoms with Crippen molar-refractivity contribution in [1.29, 1.82) is 0 Å². The van der Waals surface area contributed by atoms with Crippen molar-refractivity contribution in [3.63, 3.8) is 0 Å². The fraction of sp³-hybridized carbons (Fsp3) is 0.667. The molecule has 2 heterocycles. The number of carbonyl (C=O) groups is 1. The summed E-state index contributed by atoms with van der Waals surface area (Å²) >= 11 is 1.75. The van der Waals surface area contributed by atoms with Crippen LogP contribution < -0.4 is 11.5 Å². The second kappa shape index (κ2) is 6.24. The molecule has 1 saturated heterocycles. The van der Waals surface area contributed by atoms with E-state index in [1.807, 2.05) is 6.92 Å². The molecule has 1 aliphatic rings. The summed E-state index contributed by atoms with van der Waals surface area (Å²) in [4.78, 5) is 15.2. The summed E-state index contributed by atoms with van der Waals surface area (Å²) in [6, 6.07) is 2.77. The summed E-state index contributed by atoms with van der Waals surface area (Å²) < 4.78 is 0. The first-order valence-electron chi connectivity index (χ1n) is 7.26. The third-order valence-electron chi connectivity index (χ3n) is 4.36. The Morgan fingerprint density at radius 3 is 2.70 bits per heavy atom. The lowest BCUT2D eigenvalue weighted by Gasteiger charge is -2.43. The maximum Gasteiger partial charge on any atom is 0.221 e. The van der Waals surface area contributed by atoms with E-state index < -0.39 is 0 Å². The quantitative estimate of drug-likeness (QED) is 0.892. The lowest BCUT2D eigenvalue weighted by atomic mass is 9.89. The molecule has 0 bridgehead atoms. The molecule has 1 aromatic heterocycles. The zero-order valence-electron chi connectivity index (χ0n) is 12.5. The minimum absolute atomic E-state index is 0.0291. The molecule has 1 aliphatic heterocycles. The van der Waals surface area contributed by atoms with Crippen LogP contribution in [0.5, 0.6) is 0 Å². The molecule has 2 rings (SSSR count). The zero-order chi connectivity index (χ0) is 14.9. The molecule has 4 unspecified atom stereocenters. The van der Waals surface area contributed by atoms with Crippen molar-refractivity contribution >= 4 is 17.2 Å². The summed E-state index contributed by atoms with van der Waals surface area (Å²) in [5.41, 5.74) is 13.0.